The first-order chi connectivity index (χ1) is 10.6. The zero-order valence-electron chi connectivity index (χ0n) is 12.7. The third kappa shape index (κ3) is 3.12. The highest BCUT2D eigenvalue weighted by atomic mass is 16.3. The summed E-state index contributed by atoms with van der Waals surface area (Å²) in [6.45, 7) is 2.58. The van der Waals surface area contributed by atoms with Crippen LogP contribution in [0.3, 0.4) is 0 Å². The third-order valence-electron chi connectivity index (χ3n) is 3.82. The number of nitrogens with two attached hydrogens (primary N) is 1. The van der Waals surface area contributed by atoms with E-state index >= 15 is 0 Å². The van der Waals surface area contributed by atoms with Gasteiger partial charge in [0.15, 0.2) is 0 Å². The van der Waals surface area contributed by atoms with E-state index in [2.05, 4.69) is 16.7 Å². The molecular weight excluding hydrogens is 274 g/mol. The summed E-state index contributed by atoms with van der Waals surface area (Å²) in [6, 6.07) is 16.2. The van der Waals surface area contributed by atoms with Crippen LogP contribution < -0.4 is 5.73 Å². The Labute approximate surface area is 130 Å². The molecule has 3 N–H and O–H groups in total. The van der Waals surface area contributed by atoms with Crippen LogP contribution >= 0.6 is 0 Å². The van der Waals surface area contributed by atoms with Gasteiger partial charge in [-0.05, 0) is 37.1 Å². The number of aliphatic hydroxyl groups excluding tert-OH is 1. The van der Waals surface area contributed by atoms with Gasteiger partial charge in [0, 0.05) is 18.7 Å². The number of hydrogen-bond donors (Lipinski definition) is 2. The van der Waals surface area contributed by atoms with Crippen molar-refractivity contribution in [1.29, 1.82) is 0 Å². The quantitative estimate of drug-likeness (QED) is 0.711. The number of nitrogen functional groups attached to an aromatic ring is 1. The SMILES string of the molecule is CC(O)CCc1nc2cc(N)ccc2n1Cc1ccccc1. The Morgan fingerprint density at radius 1 is 1.18 bits per heavy atom. The fourth-order valence-corrected chi connectivity index (χ4v) is 2.67. The van der Waals surface area contributed by atoms with Crippen molar-refractivity contribution in [2.24, 2.45) is 0 Å². The van der Waals surface area contributed by atoms with Crippen molar-refractivity contribution in [2.75, 3.05) is 5.73 Å². The van der Waals surface area contributed by atoms with Gasteiger partial charge in [-0.3, -0.25) is 0 Å². The highest BCUT2D eigenvalue weighted by Crippen LogP contribution is 2.21. The molecule has 1 aromatic heterocycles. The van der Waals surface area contributed by atoms with E-state index in [-0.39, 0.29) is 6.10 Å². The zero-order chi connectivity index (χ0) is 15.5. The minimum Gasteiger partial charge on any atom is -0.399 e. The van der Waals surface area contributed by atoms with Crippen LogP contribution in [0.2, 0.25) is 0 Å². The third-order valence-corrected chi connectivity index (χ3v) is 3.82. The molecule has 0 bridgehead atoms. The summed E-state index contributed by atoms with van der Waals surface area (Å²) in [5.74, 6) is 0.991. The summed E-state index contributed by atoms with van der Waals surface area (Å²) in [7, 11) is 0. The van der Waals surface area contributed by atoms with Crippen molar-refractivity contribution in [2.45, 2.75) is 32.4 Å². The van der Waals surface area contributed by atoms with E-state index in [4.69, 9.17) is 10.7 Å². The topological polar surface area (TPSA) is 64.1 Å². The average molecular weight is 295 g/mol. The molecule has 3 aromatic rings. The van der Waals surface area contributed by atoms with Crippen LogP contribution in [0.5, 0.6) is 0 Å². The number of aryl methyl sites for hydroxylation is 1. The van der Waals surface area contributed by atoms with Gasteiger partial charge in [0.2, 0.25) is 0 Å². The molecule has 1 heterocycles. The molecule has 4 nitrogen and oxygen atoms in total. The van der Waals surface area contributed by atoms with Crippen molar-refractivity contribution in [1.82, 2.24) is 9.55 Å². The van der Waals surface area contributed by atoms with Crippen LogP contribution in [0.1, 0.15) is 24.7 Å². The van der Waals surface area contributed by atoms with Gasteiger partial charge in [0.05, 0.1) is 17.1 Å². The normalized spacial score (nSPS) is 12.6. The van der Waals surface area contributed by atoms with Crippen molar-refractivity contribution < 1.29 is 5.11 Å². The van der Waals surface area contributed by atoms with Crippen molar-refractivity contribution in [3.63, 3.8) is 0 Å². The molecule has 0 radical (unpaired) electrons. The fourth-order valence-electron chi connectivity index (χ4n) is 2.67. The summed E-state index contributed by atoms with van der Waals surface area (Å²) in [6.07, 6.45) is 1.13. The van der Waals surface area contributed by atoms with Gasteiger partial charge in [0.1, 0.15) is 5.82 Å². The molecular formula is C18H21N3O. The number of aromatic nitrogens is 2. The van der Waals surface area contributed by atoms with Gasteiger partial charge in [-0.25, -0.2) is 4.98 Å². The Kier molecular flexibility index (Phi) is 4.11. The molecule has 114 valence electrons. The van der Waals surface area contributed by atoms with Gasteiger partial charge < -0.3 is 15.4 Å². The fraction of sp³-hybridized carbons (Fsp3) is 0.278. The predicted molar refractivity (Wildman–Crippen MR) is 89.7 cm³/mol. The number of rotatable bonds is 5. The lowest BCUT2D eigenvalue weighted by molar-refractivity contribution is 0.184. The van der Waals surface area contributed by atoms with E-state index in [1.54, 1.807) is 0 Å². The number of hydrogen-bond acceptors (Lipinski definition) is 3. The first-order valence-corrected chi connectivity index (χ1v) is 7.60. The molecule has 0 fully saturated rings. The highest BCUT2D eigenvalue weighted by molar-refractivity contribution is 5.79. The standard InChI is InChI=1S/C18H21N3O/c1-13(22)7-10-18-20-16-11-15(19)8-9-17(16)21(18)12-14-5-3-2-4-6-14/h2-6,8-9,11,13,22H,7,10,12,19H2,1H3. The van der Waals surface area contributed by atoms with E-state index in [9.17, 15) is 5.11 Å². The minimum atomic E-state index is -0.324. The number of aliphatic hydroxyl groups is 1. The van der Waals surface area contributed by atoms with E-state index < -0.39 is 0 Å². The maximum atomic E-state index is 9.56. The second kappa shape index (κ2) is 6.20. The Morgan fingerprint density at radius 3 is 2.68 bits per heavy atom. The summed E-state index contributed by atoms with van der Waals surface area (Å²) in [5.41, 5.74) is 9.82. The van der Waals surface area contributed by atoms with Crippen LogP contribution in [0.25, 0.3) is 11.0 Å². The number of fused-ring (bicyclic) bond motifs is 1. The van der Waals surface area contributed by atoms with Gasteiger partial charge in [0.25, 0.3) is 0 Å². The Hall–Kier alpha value is -2.33. The molecule has 1 atom stereocenters. The van der Waals surface area contributed by atoms with E-state index in [0.717, 1.165) is 35.5 Å². The molecule has 1 unspecified atom stereocenters. The van der Waals surface area contributed by atoms with E-state index in [1.165, 1.54) is 5.56 Å². The number of nitrogens with zero attached hydrogens (tertiary/aromatic N) is 2. The maximum Gasteiger partial charge on any atom is 0.110 e. The smallest absolute Gasteiger partial charge is 0.110 e. The second-order valence-electron chi connectivity index (χ2n) is 5.74. The van der Waals surface area contributed by atoms with Crippen LogP contribution in [-0.2, 0) is 13.0 Å². The number of anilines is 1. The molecule has 0 aliphatic rings. The summed E-state index contributed by atoms with van der Waals surface area (Å²) < 4.78 is 2.21. The Morgan fingerprint density at radius 2 is 1.95 bits per heavy atom. The van der Waals surface area contributed by atoms with Gasteiger partial charge >= 0.3 is 0 Å². The highest BCUT2D eigenvalue weighted by Gasteiger charge is 2.12. The van der Waals surface area contributed by atoms with Crippen molar-refractivity contribution in [3.8, 4) is 0 Å². The molecule has 0 amide bonds. The lowest BCUT2D eigenvalue weighted by atomic mass is 10.2. The number of imidazole rings is 1. The molecule has 0 saturated carbocycles. The molecule has 0 saturated heterocycles. The number of benzene rings is 2. The largest absolute Gasteiger partial charge is 0.399 e. The maximum absolute atomic E-state index is 9.56. The molecule has 0 spiro atoms. The summed E-state index contributed by atoms with van der Waals surface area (Å²) >= 11 is 0. The molecule has 0 aliphatic carbocycles. The van der Waals surface area contributed by atoms with Crippen LogP contribution in [0.15, 0.2) is 48.5 Å². The molecule has 4 heteroatoms. The average Bonchev–Trinajstić information content (AvgIpc) is 2.83. The lowest BCUT2D eigenvalue weighted by Gasteiger charge is -2.10. The van der Waals surface area contributed by atoms with Crippen molar-refractivity contribution >= 4 is 16.7 Å². The summed E-state index contributed by atoms with van der Waals surface area (Å²) in [4.78, 5) is 4.71. The van der Waals surface area contributed by atoms with Crippen molar-refractivity contribution in [3.05, 3.63) is 59.9 Å². The Balaban J connectivity index is 2.02. The predicted octanol–water partition coefficient (Wildman–Crippen LogP) is 2.98. The van der Waals surface area contributed by atoms with Crippen LogP contribution in [0, 0.1) is 0 Å². The van der Waals surface area contributed by atoms with E-state index in [0.29, 0.717) is 6.42 Å². The first-order valence-electron chi connectivity index (χ1n) is 7.60. The van der Waals surface area contributed by atoms with Crippen LogP contribution in [-0.4, -0.2) is 20.8 Å². The minimum absolute atomic E-state index is 0.324. The zero-order valence-corrected chi connectivity index (χ0v) is 12.7. The molecule has 0 aliphatic heterocycles. The summed E-state index contributed by atoms with van der Waals surface area (Å²) in [5, 5.41) is 9.56. The van der Waals surface area contributed by atoms with Gasteiger partial charge in [-0.2, -0.15) is 0 Å². The Bertz CT molecular complexity index is 763. The lowest BCUT2D eigenvalue weighted by Crippen LogP contribution is -2.09. The van der Waals surface area contributed by atoms with Gasteiger partial charge in [-0.15, -0.1) is 0 Å². The first kappa shape index (κ1) is 14.6. The molecule has 2 aromatic carbocycles. The molecule has 22 heavy (non-hydrogen) atoms. The molecule has 3 rings (SSSR count). The van der Waals surface area contributed by atoms with E-state index in [1.807, 2.05) is 43.3 Å². The van der Waals surface area contributed by atoms with Gasteiger partial charge in [-0.1, -0.05) is 30.3 Å². The van der Waals surface area contributed by atoms with Crippen LogP contribution in [0.4, 0.5) is 5.69 Å². The second-order valence-corrected chi connectivity index (χ2v) is 5.74. The monoisotopic (exact) mass is 295 g/mol.